The molecule has 1 heterocycles. The average molecular weight is 166 g/mol. The van der Waals surface area contributed by atoms with Crippen LogP contribution in [0.25, 0.3) is 0 Å². The fourth-order valence-electron chi connectivity index (χ4n) is 0.748. The summed E-state index contributed by atoms with van der Waals surface area (Å²) in [5, 5.41) is 11.3. The number of hydrogen-bond acceptors (Lipinski definition) is 3. The maximum Gasteiger partial charge on any atom is 0.334 e. The third-order valence-corrected chi connectivity index (χ3v) is 1.48. The maximum atomic E-state index is 10.3. The Kier molecular flexibility index (Phi) is 2.48. The molecule has 1 aliphatic heterocycles. The van der Waals surface area contributed by atoms with Crippen molar-refractivity contribution in [2.45, 2.75) is 11.7 Å². The number of alkyl halides is 1. The number of halogens is 1. The number of ether oxygens (including phenoxy) is 1. The smallest absolute Gasteiger partial charge is 0.334 e. The zero-order valence-corrected chi connectivity index (χ0v) is 5.97. The van der Waals surface area contributed by atoms with Gasteiger partial charge >= 0.3 is 5.97 Å². The second kappa shape index (κ2) is 3.18. The van der Waals surface area contributed by atoms with Crippen LogP contribution in [0, 0.1) is 0 Å². The molecule has 1 fully saturated rings. The molecule has 1 saturated heterocycles. The van der Waals surface area contributed by atoms with Crippen molar-refractivity contribution >= 4 is 17.6 Å². The maximum absolute atomic E-state index is 10.3. The van der Waals surface area contributed by atoms with E-state index in [1.54, 1.807) is 0 Å². The van der Waals surface area contributed by atoms with E-state index in [9.17, 15) is 4.79 Å². The highest BCUT2D eigenvalue weighted by Crippen LogP contribution is 2.06. The van der Waals surface area contributed by atoms with Gasteiger partial charge in [-0.3, -0.25) is 0 Å². The van der Waals surface area contributed by atoms with Crippen LogP contribution in [-0.4, -0.2) is 35.8 Å². The van der Waals surface area contributed by atoms with Gasteiger partial charge < -0.3 is 15.2 Å². The molecule has 5 heteroatoms. The Hall–Kier alpha value is -0.320. The summed E-state index contributed by atoms with van der Waals surface area (Å²) in [4.78, 5) is 10.3. The first-order chi connectivity index (χ1) is 4.70. The number of carbonyl (C=O) groups is 1. The highest BCUT2D eigenvalue weighted by atomic mass is 35.5. The van der Waals surface area contributed by atoms with Gasteiger partial charge in [-0.15, -0.1) is 0 Å². The Morgan fingerprint density at radius 2 is 2.40 bits per heavy atom. The molecule has 0 aliphatic carbocycles. The topological polar surface area (TPSA) is 58.6 Å². The van der Waals surface area contributed by atoms with Gasteiger partial charge in [-0.05, 0) is 0 Å². The number of rotatable bonds is 1. The third kappa shape index (κ3) is 1.83. The highest BCUT2D eigenvalue weighted by Gasteiger charge is 2.25. The van der Waals surface area contributed by atoms with E-state index < -0.39 is 17.6 Å². The Balaban J connectivity index is 2.39. The molecule has 0 aromatic carbocycles. The van der Waals surface area contributed by atoms with Crippen LogP contribution >= 0.6 is 11.6 Å². The molecule has 2 N–H and O–H groups in total. The number of carboxylic acid groups (broad SMARTS) is 1. The number of hydrogen-bond donors (Lipinski definition) is 2. The number of aliphatic carboxylic acids is 1. The van der Waals surface area contributed by atoms with Gasteiger partial charge in [0.05, 0.1) is 0 Å². The minimum absolute atomic E-state index is 0.332. The molecule has 2 atom stereocenters. The molecule has 0 saturated carbocycles. The fraction of sp³-hybridized carbons (Fsp3) is 0.800. The van der Waals surface area contributed by atoms with Crippen LogP contribution in [0.2, 0.25) is 0 Å². The summed E-state index contributed by atoms with van der Waals surface area (Å²) in [5.74, 6) is -0.974. The minimum atomic E-state index is -0.974. The zero-order chi connectivity index (χ0) is 7.56. The zero-order valence-electron chi connectivity index (χ0n) is 5.21. The molecule has 58 valence electrons. The molecule has 0 spiro atoms. The first kappa shape index (κ1) is 7.78. The van der Waals surface area contributed by atoms with E-state index in [-0.39, 0.29) is 0 Å². The van der Waals surface area contributed by atoms with E-state index in [1.807, 2.05) is 0 Å². The van der Waals surface area contributed by atoms with Gasteiger partial charge in [-0.1, -0.05) is 11.6 Å². The molecule has 0 aromatic rings. The summed E-state index contributed by atoms with van der Waals surface area (Å²) in [6.07, 6.45) is -0.795. The number of morpholine rings is 1. The molecule has 0 aromatic heterocycles. The summed E-state index contributed by atoms with van der Waals surface area (Å²) < 4.78 is 4.85. The van der Waals surface area contributed by atoms with Gasteiger partial charge in [0.25, 0.3) is 0 Å². The van der Waals surface area contributed by atoms with Gasteiger partial charge in [-0.2, -0.15) is 0 Å². The molecule has 0 amide bonds. The van der Waals surface area contributed by atoms with Gasteiger partial charge in [-0.25, -0.2) is 4.79 Å². The van der Waals surface area contributed by atoms with E-state index in [4.69, 9.17) is 21.4 Å². The molecule has 4 nitrogen and oxygen atoms in total. The molecular weight excluding hydrogens is 158 g/mol. The Morgan fingerprint density at radius 3 is 2.80 bits per heavy atom. The van der Waals surface area contributed by atoms with Crippen molar-refractivity contribution in [2.75, 3.05) is 13.1 Å². The monoisotopic (exact) mass is 165 g/mol. The third-order valence-electron chi connectivity index (χ3n) is 1.22. The SMILES string of the molecule is O=C(O)C1CNCC(Cl)O1. The number of nitrogens with one attached hydrogen (secondary N) is 1. The lowest BCUT2D eigenvalue weighted by Crippen LogP contribution is -2.46. The molecular formula is C5H8ClNO3. The lowest BCUT2D eigenvalue weighted by atomic mass is 10.3. The molecule has 0 radical (unpaired) electrons. The van der Waals surface area contributed by atoms with E-state index in [0.29, 0.717) is 13.1 Å². The van der Waals surface area contributed by atoms with Gasteiger partial charge in [0.15, 0.2) is 6.10 Å². The molecule has 0 bridgehead atoms. The second-order valence-electron chi connectivity index (χ2n) is 2.03. The van der Waals surface area contributed by atoms with Crippen LogP contribution in [0.4, 0.5) is 0 Å². The summed E-state index contributed by atoms with van der Waals surface area (Å²) in [7, 11) is 0. The average Bonchev–Trinajstić information content (AvgIpc) is 1.88. The Labute approximate surface area is 63.1 Å². The quantitative estimate of drug-likeness (QED) is 0.521. The van der Waals surface area contributed by atoms with Gasteiger partial charge in [0.1, 0.15) is 5.56 Å². The normalized spacial score (nSPS) is 33.7. The van der Waals surface area contributed by atoms with Crippen molar-refractivity contribution < 1.29 is 14.6 Å². The minimum Gasteiger partial charge on any atom is -0.479 e. The standard InChI is InChI=1S/C5H8ClNO3/c6-4-2-7-1-3(10-4)5(8)9/h3-4,7H,1-2H2,(H,8,9). The predicted octanol–water partition coefficient (Wildman–Crippen LogP) is -0.376. The molecule has 1 rings (SSSR count). The van der Waals surface area contributed by atoms with Crippen LogP contribution in [0.3, 0.4) is 0 Å². The lowest BCUT2D eigenvalue weighted by molar-refractivity contribution is -0.153. The van der Waals surface area contributed by atoms with Crippen LogP contribution in [-0.2, 0) is 9.53 Å². The van der Waals surface area contributed by atoms with Crippen molar-refractivity contribution in [1.29, 1.82) is 0 Å². The second-order valence-corrected chi connectivity index (χ2v) is 2.52. The Morgan fingerprint density at radius 1 is 1.70 bits per heavy atom. The van der Waals surface area contributed by atoms with E-state index in [2.05, 4.69) is 5.32 Å². The fourth-order valence-corrected chi connectivity index (χ4v) is 0.981. The lowest BCUT2D eigenvalue weighted by Gasteiger charge is -2.23. The number of carboxylic acids is 1. The van der Waals surface area contributed by atoms with Crippen LogP contribution < -0.4 is 5.32 Å². The van der Waals surface area contributed by atoms with Crippen molar-refractivity contribution in [3.05, 3.63) is 0 Å². The summed E-state index contributed by atoms with van der Waals surface area (Å²) >= 11 is 5.51. The van der Waals surface area contributed by atoms with E-state index >= 15 is 0 Å². The van der Waals surface area contributed by atoms with Crippen molar-refractivity contribution in [3.63, 3.8) is 0 Å². The Bertz CT molecular complexity index is 141. The summed E-state index contributed by atoms with van der Waals surface area (Å²) in [6.45, 7) is 0.837. The van der Waals surface area contributed by atoms with Crippen molar-refractivity contribution in [2.24, 2.45) is 0 Å². The van der Waals surface area contributed by atoms with Gasteiger partial charge in [0, 0.05) is 13.1 Å². The first-order valence-electron chi connectivity index (χ1n) is 2.93. The summed E-state index contributed by atoms with van der Waals surface area (Å²) in [6, 6.07) is 0. The van der Waals surface area contributed by atoms with Crippen LogP contribution in [0.5, 0.6) is 0 Å². The van der Waals surface area contributed by atoms with Gasteiger partial charge in [0.2, 0.25) is 0 Å². The van der Waals surface area contributed by atoms with E-state index in [0.717, 1.165) is 0 Å². The van der Waals surface area contributed by atoms with Crippen molar-refractivity contribution in [1.82, 2.24) is 5.32 Å². The predicted molar refractivity (Wildman–Crippen MR) is 35.0 cm³/mol. The largest absolute Gasteiger partial charge is 0.479 e. The van der Waals surface area contributed by atoms with Crippen LogP contribution in [0.15, 0.2) is 0 Å². The molecule has 10 heavy (non-hydrogen) atoms. The molecule has 1 aliphatic rings. The highest BCUT2D eigenvalue weighted by molar-refractivity contribution is 6.20. The van der Waals surface area contributed by atoms with E-state index in [1.165, 1.54) is 0 Å². The first-order valence-corrected chi connectivity index (χ1v) is 3.37. The van der Waals surface area contributed by atoms with Crippen LogP contribution in [0.1, 0.15) is 0 Å². The molecule has 2 unspecified atom stereocenters. The summed E-state index contributed by atoms with van der Waals surface area (Å²) in [5.41, 5.74) is -0.519. The van der Waals surface area contributed by atoms with Crippen molar-refractivity contribution in [3.8, 4) is 0 Å².